The molecule has 0 spiro atoms. The van der Waals surface area contributed by atoms with Crippen molar-refractivity contribution < 1.29 is 9.59 Å². The monoisotopic (exact) mass is 335 g/mol. The molecule has 0 N–H and O–H groups in total. The topological polar surface area (TPSA) is 43.2 Å². The summed E-state index contributed by atoms with van der Waals surface area (Å²) in [6.07, 6.45) is 1.52. The van der Waals surface area contributed by atoms with Crippen LogP contribution in [0.5, 0.6) is 0 Å². The van der Waals surface area contributed by atoms with E-state index in [-0.39, 0.29) is 11.6 Å². The Morgan fingerprint density at radius 2 is 1.27 bits per heavy atom. The molecular weight excluding hydrogens is 310 g/mol. The van der Waals surface area contributed by atoms with Crippen molar-refractivity contribution in [3.8, 4) is 0 Å². The van der Waals surface area contributed by atoms with Gasteiger partial charge in [0.05, 0.1) is 5.70 Å². The van der Waals surface area contributed by atoms with Gasteiger partial charge in [0.25, 0.3) is 0 Å². The van der Waals surface area contributed by atoms with Crippen LogP contribution in [0.1, 0.15) is 0 Å². The molecule has 0 unspecified atom stereocenters. The zero-order valence-electron chi connectivity index (χ0n) is 14.0. The Morgan fingerprint density at radius 1 is 0.864 bits per heavy atom. The molecule has 0 aromatic rings. The van der Waals surface area contributed by atoms with Crippen molar-refractivity contribution in [2.24, 2.45) is 0 Å². The summed E-state index contributed by atoms with van der Waals surface area (Å²) in [6.45, 7) is 12.6. The van der Waals surface area contributed by atoms with Crippen molar-refractivity contribution >= 4 is 28.9 Å². The Balaban J connectivity index is 0.000000254. The fourth-order valence-electron chi connectivity index (χ4n) is 2.28. The molecule has 7 heteroatoms. The minimum Gasteiger partial charge on any atom is -0.365 e. The standard InChI is InChI=1S/C12H13N3O2.C3H12Si2/c16-9-7-8(13-1-2-13)12(17)11(15-5-6-15)10(9)14-3-4-14;1-5(2,3)4/h7H,1-6H2;1-4H3. The summed E-state index contributed by atoms with van der Waals surface area (Å²) in [6, 6.07) is 0. The quantitative estimate of drug-likeness (QED) is 0.390. The smallest absolute Gasteiger partial charge is 0.227 e. The van der Waals surface area contributed by atoms with E-state index in [2.05, 4.69) is 19.6 Å². The third-order valence-electron chi connectivity index (χ3n) is 3.49. The zero-order chi connectivity index (χ0) is 16.1. The lowest BCUT2D eigenvalue weighted by molar-refractivity contribution is -0.117. The van der Waals surface area contributed by atoms with Crippen LogP contribution in [0.15, 0.2) is 23.2 Å². The minimum absolute atomic E-state index is 0.00546. The Morgan fingerprint density at radius 3 is 1.68 bits per heavy atom. The second-order valence-corrected chi connectivity index (χ2v) is 22.9. The lowest BCUT2D eigenvalue weighted by Crippen LogP contribution is -2.29. The first-order chi connectivity index (χ1) is 10.3. The molecule has 3 fully saturated rings. The molecule has 4 aliphatic rings. The summed E-state index contributed by atoms with van der Waals surface area (Å²) in [5.41, 5.74) is 1.89. The SMILES string of the molecule is C[Si](C)(C)[SiH3].O=C1C=C(N2CC2)C(=O)C(N2CC2)=C1N1CC1. The summed E-state index contributed by atoms with van der Waals surface area (Å²) in [5.74, 6) is 0.0485. The van der Waals surface area contributed by atoms with Gasteiger partial charge in [0.2, 0.25) is 11.6 Å². The molecule has 0 atom stereocenters. The highest BCUT2D eigenvalue weighted by Crippen LogP contribution is 2.33. The van der Waals surface area contributed by atoms with Crippen molar-refractivity contribution in [3.05, 3.63) is 23.2 Å². The van der Waals surface area contributed by atoms with Crippen molar-refractivity contribution in [1.29, 1.82) is 0 Å². The molecule has 0 radical (unpaired) electrons. The number of carbonyl (C=O) groups is 2. The molecule has 1 aliphatic carbocycles. The molecule has 120 valence electrons. The molecule has 5 nitrogen and oxygen atoms in total. The van der Waals surface area contributed by atoms with Gasteiger partial charge in [0, 0.05) is 52.9 Å². The van der Waals surface area contributed by atoms with Crippen LogP contribution in [0.25, 0.3) is 0 Å². The first-order valence-electron chi connectivity index (χ1n) is 8.05. The molecule has 0 aromatic carbocycles. The van der Waals surface area contributed by atoms with Crippen LogP contribution in [0.4, 0.5) is 0 Å². The fourth-order valence-corrected chi connectivity index (χ4v) is 2.28. The Hall–Kier alpha value is -1.35. The molecule has 0 bridgehead atoms. The van der Waals surface area contributed by atoms with Gasteiger partial charge < -0.3 is 14.7 Å². The maximum Gasteiger partial charge on any atom is 0.227 e. The van der Waals surface area contributed by atoms with Crippen molar-refractivity contribution in [2.75, 3.05) is 39.3 Å². The zero-order valence-corrected chi connectivity index (χ0v) is 17.0. The van der Waals surface area contributed by atoms with Crippen LogP contribution < -0.4 is 0 Å². The minimum atomic E-state index is -0.472. The first kappa shape index (κ1) is 15.5. The van der Waals surface area contributed by atoms with Crippen LogP contribution >= 0.6 is 0 Å². The molecule has 4 rings (SSSR count). The summed E-state index contributed by atoms with van der Waals surface area (Å²) in [7, 11) is 0.975. The number of hydrogen-bond acceptors (Lipinski definition) is 5. The van der Waals surface area contributed by atoms with E-state index < -0.39 is 7.59 Å². The number of Topliss-reactive ketones (excluding diaryl/α,β-unsaturated/α-hetero) is 1. The summed E-state index contributed by atoms with van der Waals surface area (Å²) in [4.78, 5) is 30.5. The summed E-state index contributed by atoms with van der Waals surface area (Å²) in [5, 5.41) is 0. The van der Waals surface area contributed by atoms with E-state index >= 15 is 0 Å². The lowest BCUT2D eigenvalue weighted by atomic mass is 10.0. The van der Waals surface area contributed by atoms with Gasteiger partial charge in [-0.05, 0) is 9.76 Å². The van der Waals surface area contributed by atoms with Crippen LogP contribution in [0, 0.1) is 0 Å². The molecule has 3 saturated heterocycles. The van der Waals surface area contributed by atoms with Gasteiger partial charge in [0.15, 0.2) is 0 Å². The predicted molar refractivity (Wildman–Crippen MR) is 93.1 cm³/mol. The predicted octanol–water partition coefficient (Wildman–Crippen LogP) is -0.633. The highest BCUT2D eigenvalue weighted by molar-refractivity contribution is 7.15. The third kappa shape index (κ3) is 3.70. The molecule has 0 saturated carbocycles. The normalized spacial score (nSPS) is 23.4. The largest absolute Gasteiger partial charge is 0.365 e. The van der Waals surface area contributed by atoms with E-state index in [1.54, 1.807) is 0 Å². The van der Waals surface area contributed by atoms with Crippen LogP contribution in [0.2, 0.25) is 19.6 Å². The Bertz CT molecular complexity index is 574. The number of rotatable bonds is 3. The summed E-state index contributed by atoms with van der Waals surface area (Å²) >= 11 is 0. The van der Waals surface area contributed by atoms with Crippen molar-refractivity contribution in [2.45, 2.75) is 19.6 Å². The van der Waals surface area contributed by atoms with Crippen LogP contribution in [0.3, 0.4) is 0 Å². The number of carbonyl (C=O) groups excluding carboxylic acids is 2. The number of nitrogens with zero attached hydrogens (tertiary/aromatic N) is 3. The first-order valence-corrected chi connectivity index (χ1v) is 15.1. The van der Waals surface area contributed by atoms with Crippen LogP contribution in [-0.4, -0.2) is 82.9 Å². The molecule has 3 heterocycles. The lowest BCUT2D eigenvalue weighted by Gasteiger charge is -2.21. The van der Waals surface area contributed by atoms with Gasteiger partial charge >= 0.3 is 0 Å². The van der Waals surface area contributed by atoms with Gasteiger partial charge in [-0.2, -0.15) is 0 Å². The Labute approximate surface area is 135 Å². The highest BCUT2D eigenvalue weighted by atomic mass is 29.2. The third-order valence-corrected chi connectivity index (χ3v) is 3.49. The van der Waals surface area contributed by atoms with Gasteiger partial charge in [-0.3, -0.25) is 9.59 Å². The second kappa shape index (κ2) is 5.38. The van der Waals surface area contributed by atoms with Crippen molar-refractivity contribution in [1.82, 2.24) is 14.7 Å². The van der Waals surface area contributed by atoms with E-state index in [0.29, 0.717) is 17.1 Å². The van der Waals surface area contributed by atoms with E-state index in [4.69, 9.17) is 0 Å². The van der Waals surface area contributed by atoms with Crippen LogP contribution in [-0.2, 0) is 9.59 Å². The summed E-state index contributed by atoms with van der Waals surface area (Å²) < 4.78 is 0. The average molecular weight is 336 g/mol. The molecular formula is C15H25N3O2Si2. The van der Waals surface area contributed by atoms with Gasteiger partial charge in [-0.15, -0.1) is 0 Å². The van der Waals surface area contributed by atoms with Gasteiger partial charge in [-0.1, -0.05) is 19.6 Å². The van der Waals surface area contributed by atoms with Gasteiger partial charge in [0.1, 0.15) is 11.4 Å². The van der Waals surface area contributed by atoms with E-state index in [9.17, 15) is 9.59 Å². The molecule has 22 heavy (non-hydrogen) atoms. The van der Waals surface area contributed by atoms with E-state index in [0.717, 1.165) is 39.3 Å². The van der Waals surface area contributed by atoms with E-state index in [1.807, 2.05) is 14.7 Å². The maximum absolute atomic E-state index is 12.4. The molecule has 0 amide bonds. The number of hydrogen-bond donors (Lipinski definition) is 0. The number of allylic oxidation sites excluding steroid dienone is 1. The molecule has 0 aromatic heterocycles. The molecule has 3 aliphatic heterocycles. The van der Waals surface area contributed by atoms with E-state index in [1.165, 1.54) is 15.8 Å². The van der Waals surface area contributed by atoms with Gasteiger partial charge in [-0.25, -0.2) is 0 Å². The Kier molecular flexibility index (Phi) is 3.80. The maximum atomic E-state index is 12.4. The fraction of sp³-hybridized carbons (Fsp3) is 0.600. The average Bonchev–Trinajstić information content (AvgIpc) is 3.24. The number of ketones is 2. The second-order valence-electron chi connectivity index (χ2n) is 7.88. The van der Waals surface area contributed by atoms with Crippen molar-refractivity contribution in [3.63, 3.8) is 0 Å². The highest BCUT2D eigenvalue weighted by Gasteiger charge is 2.43.